The monoisotopic (exact) mass is 363 g/mol. The third-order valence-electron chi connectivity index (χ3n) is 3.30. The molecule has 2 rings (SSSR count). The van der Waals surface area contributed by atoms with Crippen LogP contribution in [0.1, 0.15) is 38.3 Å². The second-order valence-electron chi connectivity index (χ2n) is 5.48. The second kappa shape index (κ2) is 6.52. The van der Waals surface area contributed by atoms with Gasteiger partial charge < -0.3 is 4.52 Å². The van der Waals surface area contributed by atoms with Crippen molar-refractivity contribution in [3.63, 3.8) is 0 Å². The van der Waals surface area contributed by atoms with E-state index in [0.717, 1.165) is 0 Å². The first-order chi connectivity index (χ1) is 11.0. The molecule has 0 saturated carbocycles. The molecule has 1 heterocycles. The largest absolute Gasteiger partial charge is 0.471 e. The molecule has 1 atom stereocenters. The van der Waals surface area contributed by atoms with Gasteiger partial charge in [0.25, 0.3) is 0 Å². The minimum atomic E-state index is -4.70. The Bertz CT molecular complexity index is 799. The van der Waals surface area contributed by atoms with Crippen LogP contribution in [0.3, 0.4) is 0 Å². The van der Waals surface area contributed by atoms with Crippen LogP contribution in [0.2, 0.25) is 0 Å². The van der Waals surface area contributed by atoms with Crippen LogP contribution in [0.5, 0.6) is 0 Å². The topological polar surface area (TPSA) is 85.1 Å². The Labute approximate surface area is 137 Å². The first-order valence-corrected chi connectivity index (χ1v) is 8.57. The zero-order chi connectivity index (χ0) is 18.1. The Kier molecular flexibility index (Phi) is 5.00. The molecule has 0 radical (unpaired) electrons. The standard InChI is InChI=1S/C14H16F3N3O3S/c1-8(2)24(21,22)20-9(3)10-4-6-11(7-5-10)12-18-13(23-19-12)14(15,16)17/h4-9,20H,1-3H3. The number of alkyl halides is 3. The van der Waals surface area contributed by atoms with E-state index >= 15 is 0 Å². The zero-order valence-corrected chi connectivity index (χ0v) is 13.9. The molecular formula is C14H16F3N3O3S. The van der Waals surface area contributed by atoms with E-state index in [2.05, 4.69) is 19.4 Å². The van der Waals surface area contributed by atoms with Gasteiger partial charge in [-0.15, -0.1) is 0 Å². The van der Waals surface area contributed by atoms with Gasteiger partial charge in [-0.1, -0.05) is 29.4 Å². The van der Waals surface area contributed by atoms with Crippen molar-refractivity contribution in [2.75, 3.05) is 0 Å². The van der Waals surface area contributed by atoms with E-state index in [4.69, 9.17) is 0 Å². The Morgan fingerprint density at radius 1 is 1.12 bits per heavy atom. The summed E-state index contributed by atoms with van der Waals surface area (Å²) in [5.41, 5.74) is 0.986. The zero-order valence-electron chi connectivity index (χ0n) is 13.1. The number of nitrogens with one attached hydrogen (secondary N) is 1. The van der Waals surface area contributed by atoms with E-state index < -0.39 is 33.4 Å². The highest BCUT2D eigenvalue weighted by Crippen LogP contribution is 2.29. The van der Waals surface area contributed by atoms with Crippen LogP contribution >= 0.6 is 0 Å². The molecular weight excluding hydrogens is 347 g/mol. The summed E-state index contributed by atoms with van der Waals surface area (Å²) in [5.74, 6) is -1.61. The lowest BCUT2D eigenvalue weighted by Crippen LogP contribution is -2.32. The van der Waals surface area contributed by atoms with Gasteiger partial charge in [0.2, 0.25) is 15.8 Å². The van der Waals surface area contributed by atoms with Crippen molar-refractivity contribution in [2.45, 2.75) is 38.2 Å². The summed E-state index contributed by atoms with van der Waals surface area (Å²) in [5, 5.41) is 2.72. The van der Waals surface area contributed by atoms with E-state index in [9.17, 15) is 21.6 Å². The first-order valence-electron chi connectivity index (χ1n) is 7.03. The number of nitrogens with zero attached hydrogens (tertiary/aromatic N) is 2. The lowest BCUT2D eigenvalue weighted by Gasteiger charge is -2.16. The molecule has 1 aromatic carbocycles. The molecule has 0 spiro atoms. The molecule has 0 saturated heterocycles. The molecule has 1 unspecified atom stereocenters. The van der Waals surface area contributed by atoms with Crippen LogP contribution in [0.25, 0.3) is 11.4 Å². The van der Waals surface area contributed by atoms with Crippen molar-refractivity contribution in [1.82, 2.24) is 14.9 Å². The molecule has 1 N–H and O–H groups in total. The minimum Gasteiger partial charge on any atom is -0.329 e. The Hall–Kier alpha value is -1.94. The molecule has 0 amide bonds. The third kappa shape index (κ3) is 4.12. The van der Waals surface area contributed by atoms with Crippen molar-refractivity contribution in [2.24, 2.45) is 0 Å². The molecule has 6 nitrogen and oxygen atoms in total. The van der Waals surface area contributed by atoms with Crippen molar-refractivity contribution >= 4 is 10.0 Å². The summed E-state index contributed by atoms with van der Waals surface area (Å²) in [6.45, 7) is 4.80. The normalized spacial score (nSPS) is 14.1. The van der Waals surface area contributed by atoms with Crippen LogP contribution in [-0.2, 0) is 16.2 Å². The molecule has 0 fully saturated rings. The minimum absolute atomic E-state index is 0.190. The summed E-state index contributed by atoms with van der Waals surface area (Å²) in [4.78, 5) is 3.29. The number of halogens is 3. The molecule has 0 aliphatic carbocycles. The van der Waals surface area contributed by atoms with Crippen molar-refractivity contribution in [3.8, 4) is 11.4 Å². The predicted molar refractivity (Wildman–Crippen MR) is 80.3 cm³/mol. The third-order valence-corrected chi connectivity index (χ3v) is 5.22. The first kappa shape index (κ1) is 18.4. The van der Waals surface area contributed by atoms with Crippen molar-refractivity contribution in [1.29, 1.82) is 0 Å². The van der Waals surface area contributed by atoms with Gasteiger partial charge in [-0.3, -0.25) is 0 Å². The molecule has 1 aromatic heterocycles. The van der Waals surface area contributed by atoms with Crippen LogP contribution in [0, 0.1) is 0 Å². The van der Waals surface area contributed by atoms with Crippen LogP contribution in [0.15, 0.2) is 28.8 Å². The molecule has 24 heavy (non-hydrogen) atoms. The summed E-state index contributed by atoms with van der Waals surface area (Å²) in [7, 11) is -3.44. The quantitative estimate of drug-likeness (QED) is 0.882. The Morgan fingerprint density at radius 3 is 2.17 bits per heavy atom. The molecule has 2 aromatic rings. The highest BCUT2D eigenvalue weighted by atomic mass is 32.2. The maximum Gasteiger partial charge on any atom is 0.471 e. The van der Waals surface area contributed by atoms with Gasteiger partial charge in [-0.25, -0.2) is 13.1 Å². The fourth-order valence-electron chi connectivity index (χ4n) is 1.83. The number of aromatic nitrogens is 2. The van der Waals surface area contributed by atoms with Crippen LogP contribution < -0.4 is 4.72 Å². The van der Waals surface area contributed by atoms with Gasteiger partial charge >= 0.3 is 12.1 Å². The molecule has 0 bridgehead atoms. The summed E-state index contributed by atoms with van der Waals surface area (Å²) < 4.78 is 67.7. The van der Waals surface area contributed by atoms with E-state index in [1.165, 1.54) is 12.1 Å². The smallest absolute Gasteiger partial charge is 0.329 e. The highest BCUT2D eigenvalue weighted by molar-refractivity contribution is 7.90. The lowest BCUT2D eigenvalue weighted by atomic mass is 10.1. The van der Waals surface area contributed by atoms with E-state index in [1.807, 2.05) is 0 Å². The fraction of sp³-hybridized carbons (Fsp3) is 0.429. The van der Waals surface area contributed by atoms with Crippen molar-refractivity contribution in [3.05, 3.63) is 35.7 Å². The number of benzene rings is 1. The van der Waals surface area contributed by atoms with E-state index in [0.29, 0.717) is 11.1 Å². The highest BCUT2D eigenvalue weighted by Gasteiger charge is 2.38. The van der Waals surface area contributed by atoms with Crippen LogP contribution in [-0.4, -0.2) is 23.8 Å². The number of sulfonamides is 1. The van der Waals surface area contributed by atoms with Crippen LogP contribution in [0.4, 0.5) is 13.2 Å². The van der Waals surface area contributed by atoms with Crippen molar-refractivity contribution < 1.29 is 26.1 Å². The summed E-state index contributed by atoms with van der Waals surface area (Å²) in [6.07, 6.45) is -4.70. The van der Waals surface area contributed by atoms with Gasteiger partial charge in [0.15, 0.2) is 0 Å². The molecule has 10 heteroatoms. The van der Waals surface area contributed by atoms with E-state index in [1.54, 1.807) is 32.9 Å². The number of hydrogen-bond donors (Lipinski definition) is 1. The van der Waals surface area contributed by atoms with E-state index in [-0.39, 0.29) is 5.82 Å². The maximum absolute atomic E-state index is 12.4. The molecule has 0 aliphatic rings. The second-order valence-corrected chi connectivity index (χ2v) is 7.74. The van der Waals surface area contributed by atoms with Gasteiger partial charge in [0.1, 0.15) is 0 Å². The predicted octanol–water partition coefficient (Wildman–Crippen LogP) is 3.14. The number of rotatable bonds is 5. The average Bonchev–Trinajstić information content (AvgIpc) is 2.96. The summed E-state index contributed by atoms with van der Waals surface area (Å²) >= 11 is 0. The Balaban J connectivity index is 2.17. The Morgan fingerprint density at radius 2 is 1.71 bits per heavy atom. The lowest BCUT2D eigenvalue weighted by molar-refractivity contribution is -0.159. The fourth-order valence-corrected chi connectivity index (χ4v) is 2.73. The maximum atomic E-state index is 12.4. The number of hydrogen-bond acceptors (Lipinski definition) is 5. The van der Waals surface area contributed by atoms with Gasteiger partial charge in [-0.2, -0.15) is 18.2 Å². The van der Waals surface area contributed by atoms with Gasteiger partial charge in [0, 0.05) is 11.6 Å². The van der Waals surface area contributed by atoms with Gasteiger partial charge in [0.05, 0.1) is 5.25 Å². The summed E-state index contributed by atoms with van der Waals surface area (Å²) in [6, 6.07) is 5.70. The average molecular weight is 363 g/mol. The molecule has 0 aliphatic heterocycles. The SMILES string of the molecule is CC(NS(=O)(=O)C(C)C)c1ccc(-c2noc(C(F)(F)F)n2)cc1. The van der Waals surface area contributed by atoms with Gasteiger partial charge in [-0.05, 0) is 26.3 Å². The molecule has 132 valence electrons.